The van der Waals surface area contributed by atoms with E-state index in [0.717, 1.165) is 5.56 Å². The van der Waals surface area contributed by atoms with Crippen molar-refractivity contribution in [1.29, 1.82) is 0 Å². The molecule has 0 spiro atoms. The quantitative estimate of drug-likeness (QED) is 0.593. The van der Waals surface area contributed by atoms with E-state index in [0.29, 0.717) is 17.7 Å². The van der Waals surface area contributed by atoms with Gasteiger partial charge in [0.15, 0.2) is 5.82 Å². The van der Waals surface area contributed by atoms with Crippen LogP contribution in [0.4, 0.5) is 23.2 Å². The van der Waals surface area contributed by atoms with E-state index in [1.54, 1.807) is 13.0 Å². The molecule has 0 aliphatic carbocycles. The van der Waals surface area contributed by atoms with Crippen molar-refractivity contribution in [3.05, 3.63) is 63.4 Å². The normalized spacial score (nSPS) is 11.0. The van der Waals surface area contributed by atoms with Crippen molar-refractivity contribution in [2.45, 2.75) is 13.1 Å². The largest absolute Gasteiger partial charge is 0.416 e. The van der Waals surface area contributed by atoms with Crippen LogP contribution >= 0.6 is 11.6 Å². The molecule has 124 valence electrons. The van der Waals surface area contributed by atoms with E-state index >= 15 is 0 Å². The van der Waals surface area contributed by atoms with Gasteiger partial charge >= 0.3 is 6.18 Å². The van der Waals surface area contributed by atoms with Gasteiger partial charge in [-0.2, -0.15) is 13.2 Å². The number of rotatable bonds is 2. The molecule has 1 N–H and O–H groups in total. The highest BCUT2D eigenvalue weighted by Gasteiger charge is 2.33. The number of hydrogen-bond donors (Lipinski definition) is 1. The molecule has 24 heavy (non-hydrogen) atoms. The minimum atomic E-state index is -4.76. The van der Waals surface area contributed by atoms with Gasteiger partial charge in [0.1, 0.15) is 0 Å². The Morgan fingerprint density at radius 1 is 1.25 bits per heavy atom. The van der Waals surface area contributed by atoms with Crippen molar-refractivity contribution in [1.82, 2.24) is 0 Å². The average Bonchev–Trinajstić information content (AvgIpc) is 2.50. The second-order valence-corrected chi connectivity index (χ2v) is 5.35. The maximum atomic E-state index is 13.9. The maximum absolute atomic E-state index is 13.9. The second-order valence-electron chi connectivity index (χ2n) is 4.95. The number of amides is 1. The first kappa shape index (κ1) is 17.8. The number of halogens is 5. The van der Waals surface area contributed by atoms with Crippen LogP contribution in [0.25, 0.3) is 0 Å². The van der Waals surface area contributed by atoms with Crippen LogP contribution in [-0.4, -0.2) is 5.91 Å². The van der Waals surface area contributed by atoms with Crippen LogP contribution in [0.15, 0.2) is 30.3 Å². The Kier molecular flexibility index (Phi) is 4.86. The summed E-state index contributed by atoms with van der Waals surface area (Å²) in [5.74, 6) is 0.110. The van der Waals surface area contributed by atoms with Crippen LogP contribution < -0.4 is 5.32 Å². The molecule has 0 atom stereocenters. The summed E-state index contributed by atoms with van der Waals surface area (Å²) >= 11 is 5.46. The Morgan fingerprint density at radius 3 is 2.50 bits per heavy atom. The molecular formula is C17H10ClF4NO. The zero-order valence-electron chi connectivity index (χ0n) is 12.3. The van der Waals surface area contributed by atoms with E-state index in [9.17, 15) is 22.4 Å². The second kappa shape index (κ2) is 6.54. The predicted molar refractivity (Wildman–Crippen MR) is 83.5 cm³/mol. The molecule has 2 aromatic carbocycles. The third-order valence-electron chi connectivity index (χ3n) is 3.25. The Bertz CT molecular complexity index is 853. The molecule has 0 aromatic heterocycles. The van der Waals surface area contributed by atoms with E-state index < -0.39 is 34.1 Å². The summed E-state index contributed by atoms with van der Waals surface area (Å²) in [6.45, 7) is 1.76. The number of carbonyl (C=O) groups excluding carboxylic acids is 1. The van der Waals surface area contributed by atoms with Gasteiger partial charge in [-0.3, -0.25) is 4.79 Å². The van der Waals surface area contributed by atoms with Gasteiger partial charge in [-0.25, -0.2) is 4.39 Å². The van der Waals surface area contributed by atoms with Crippen molar-refractivity contribution in [3.8, 4) is 12.3 Å². The van der Waals surface area contributed by atoms with Gasteiger partial charge < -0.3 is 5.32 Å². The summed E-state index contributed by atoms with van der Waals surface area (Å²) < 4.78 is 52.3. The lowest BCUT2D eigenvalue weighted by molar-refractivity contribution is -0.137. The van der Waals surface area contributed by atoms with Gasteiger partial charge in [-0.1, -0.05) is 23.6 Å². The van der Waals surface area contributed by atoms with Crippen LogP contribution in [-0.2, 0) is 6.18 Å². The summed E-state index contributed by atoms with van der Waals surface area (Å²) in [6.07, 6.45) is 0.551. The minimum absolute atomic E-state index is 0.228. The lowest BCUT2D eigenvalue weighted by Crippen LogP contribution is -2.16. The number of terminal acetylenes is 1. The smallest absolute Gasteiger partial charge is 0.322 e. The van der Waals surface area contributed by atoms with Crippen molar-refractivity contribution < 1.29 is 22.4 Å². The molecule has 0 fully saturated rings. The molecule has 0 aliphatic heterocycles. The Labute approximate surface area is 140 Å². The standard InChI is InChI=1S/C17H10ClF4NO/c1-3-10-6-12(5-4-9(10)2)23-16(24)13-7-11(17(20,21)22)8-14(18)15(13)19/h1,4-8H,2H3,(H,23,24). The van der Waals surface area contributed by atoms with Crippen LogP contribution in [0.2, 0.25) is 5.02 Å². The summed E-state index contributed by atoms with van der Waals surface area (Å²) in [5, 5.41) is 1.52. The van der Waals surface area contributed by atoms with Gasteiger partial charge in [0.2, 0.25) is 0 Å². The highest BCUT2D eigenvalue weighted by molar-refractivity contribution is 6.31. The summed E-state index contributed by atoms with van der Waals surface area (Å²) in [7, 11) is 0. The molecule has 0 radical (unpaired) electrons. The first-order chi connectivity index (χ1) is 11.1. The lowest BCUT2D eigenvalue weighted by Gasteiger charge is -2.12. The number of benzene rings is 2. The molecule has 1 amide bonds. The molecule has 0 heterocycles. The molecule has 0 bridgehead atoms. The molecule has 0 aliphatic rings. The fourth-order valence-electron chi connectivity index (χ4n) is 1.97. The SMILES string of the molecule is C#Cc1cc(NC(=O)c2cc(C(F)(F)F)cc(Cl)c2F)ccc1C. The first-order valence-electron chi connectivity index (χ1n) is 6.58. The van der Waals surface area contributed by atoms with Crippen LogP contribution in [0, 0.1) is 25.1 Å². The fourth-order valence-corrected chi connectivity index (χ4v) is 2.19. The molecular weight excluding hydrogens is 346 g/mol. The molecule has 0 unspecified atom stereocenters. The Balaban J connectivity index is 2.40. The van der Waals surface area contributed by atoms with Crippen LogP contribution in [0.3, 0.4) is 0 Å². The molecule has 2 rings (SSSR count). The van der Waals surface area contributed by atoms with E-state index in [1.165, 1.54) is 12.1 Å². The first-order valence-corrected chi connectivity index (χ1v) is 6.96. The topological polar surface area (TPSA) is 29.1 Å². The van der Waals surface area contributed by atoms with E-state index in [2.05, 4.69) is 11.2 Å². The summed E-state index contributed by atoms with van der Waals surface area (Å²) in [5.41, 5.74) is -0.518. The molecule has 7 heteroatoms. The highest BCUT2D eigenvalue weighted by atomic mass is 35.5. The Morgan fingerprint density at radius 2 is 1.92 bits per heavy atom. The number of nitrogens with one attached hydrogen (secondary N) is 1. The van der Waals surface area contributed by atoms with Crippen molar-refractivity contribution in [3.63, 3.8) is 0 Å². The van der Waals surface area contributed by atoms with E-state index in [-0.39, 0.29) is 5.69 Å². The van der Waals surface area contributed by atoms with Gasteiger partial charge in [-0.15, -0.1) is 6.42 Å². The fraction of sp³-hybridized carbons (Fsp3) is 0.118. The van der Waals surface area contributed by atoms with Gasteiger partial charge in [0, 0.05) is 11.3 Å². The monoisotopic (exact) mass is 355 g/mol. The molecule has 2 aromatic rings. The molecule has 0 saturated heterocycles. The van der Waals surface area contributed by atoms with Crippen molar-refractivity contribution >= 4 is 23.2 Å². The zero-order valence-corrected chi connectivity index (χ0v) is 13.0. The summed E-state index contributed by atoms with van der Waals surface area (Å²) in [6, 6.07) is 5.42. The third kappa shape index (κ3) is 3.69. The van der Waals surface area contributed by atoms with Crippen molar-refractivity contribution in [2.75, 3.05) is 5.32 Å². The zero-order chi connectivity index (χ0) is 18.1. The minimum Gasteiger partial charge on any atom is -0.322 e. The highest BCUT2D eigenvalue weighted by Crippen LogP contribution is 2.33. The molecule has 0 saturated carbocycles. The molecule has 2 nitrogen and oxygen atoms in total. The van der Waals surface area contributed by atoms with Gasteiger partial charge in [0.25, 0.3) is 5.91 Å². The number of hydrogen-bond acceptors (Lipinski definition) is 1. The van der Waals surface area contributed by atoms with E-state index in [1.807, 2.05) is 0 Å². The average molecular weight is 356 g/mol. The number of anilines is 1. The predicted octanol–water partition coefficient (Wildman–Crippen LogP) is 5.04. The number of alkyl halides is 3. The number of aryl methyl sites for hydroxylation is 1. The van der Waals surface area contributed by atoms with Crippen LogP contribution in [0.5, 0.6) is 0 Å². The van der Waals surface area contributed by atoms with Crippen molar-refractivity contribution in [2.24, 2.45) is 0 Å². The van der Waals surface area contributed by atoms with E-state index in [4.69, 9.17) is 18.0 Å². The van der Waals surface area contributed by atoms with Gasteiger partial charge in [-0.05, 0) is 36.8 Å². The number of carbonyl (C=O) groups is 1. The maximum Gasteiger partial charge on any atom is 0.416 e. The van der Waals surface area contributed by atoms with Crippen LogP contribution in [0.1, 0.15) is 27.0 Å². The lowest BCUT2D eigenvalue weighted by atomic mass is 10.1. The third-order valence-corrected chi connectivity index (χ3v) is 3.53. The Hall–Kier alpha value is -2.52. The summed E-state index contributed by atoms with van der Waals surface area (Å²) in [4.78, 5) is 12.1. The van der Waals surface area contributed by atoms with Gasteiger partial charge in [0.05, 0.1) is 16.1 Å².